The predicted molar refractivity (Wildman–Crippen MR) is 84.1 cm³/mol. The molecular weight excluding hydrogens is 272 g/mol. The molecule has 0 atom stereocenters. The van der Waals surface area contributed by atoms with Crippen LogP contribution >= 0.6 is 0 Å². The lowest BCUT2D eigenvalue weighted by atomic mass is 10.1. The maximum Gasteiger partial charge on any atom is 0.305 e. The van der Waals surface area contributed by atoms with Gasteiger partial charge in [-0.15, -0.1) is 0 Å². The molecule has 0 rings (SSSR count). The lowest BCUT2D eigenvalue weighted by Crippen LogP contribution is -2.07. The maximum atomic E-state index is 11.1. The Balaban J connectivity index is 0. The van der Waals surface area contributed by atoms with Crippen LogP contribution in [-0.2, 0) is 9.53 Å². The first-order valence-electron chi connectivity index (χ1n) is 8.21. The molecule has 0 fully saturated rings. The van der Waals surface area contributed by atoms with Gasteiger partial charge in [0.25, 0.3) is 0 Å². The van der Waals surface area contributed by atoms with E-state index in [1.165, 1.54) is 44.9 Å². The molecule has 5 heteroatoms. The third-order valence-electron chi connectivity index (χ3n) is 2.94. The number of rotatable bonds is 13. The first-order valence-corrected chi connectivity index (χ1v) is 8.21. The number of esters is 1. The number of hydrogen-bond acceptors (Lipinski definition) is 5. The van der Waals surface area contributed by atoms with Gasteiger partial charge >= 0.3 is 5.97 Å². The molecule has 0 radical (unpaired) electrons. The van der Waals surface area contributed by atoms with Gasteiger partial charge in [0.1, 0.15) is 6.61 Å². The topological polar surface area (TPSA) is 87.0 Å². The highest BCUT2D eigenvalue weighted by molar-refractivity contribution is 5.69. The van der Waals surface area contributed by atoms with Crippen LogP contribution in [-0.4, -0.2) is 47.7 Å². The Kier molecular flexibility index (Phi) is 23.3. The predicted octanol–water partition coefficient (Wildman–Crippen LogP) is 2.41. The Morgan fingerprint density at radius 1 is 0.762 bits per heavy atom. The van der Waals surface area contributed by atoms with Crippen LogP contribution in [0.15, 0.2) is 0 Å². The summed E-state index contributed by atoms with van der Waals surface area (Å²) in [6.07, 6.45) is 11.7. The highest BCUT2D eigenvalue weighted by Crippen LogP contribution is 2.10. The second-order valence-electron chi connectivity index (χ2n) is 4.97. The number of ether oxygens (including phenoxy) is 1. The summed E-state index contributed by atoms with van der Waals surface area (Å²) in [6, 6.07) is 0. The van der Waals surface area contributed by atoms with Crippen LogP contribution in [0.2, 0.25) is 0 Å². The van der Waals surface area contributed by atoms with Gasteiger partial charge in [0, 0.05) is 6.42 Å². The third kappa shape index (κ3) is 24.7. The molecule has 0 aromatic carbocycles. The molecule has 0 saturated heterocycles. The fourth-order valence-corrected chi connectivity index (χ4v) is 1.81. The zero-order valence-electron chi connectivity index (χ0n) is 13.6. The SMILES string of the molecule is CCCCCCCCCCCC(=O)OCCO.OCCO. The minimum atomic E-state index is -0.179. The van der Waals surface area contributed by atoms with Gasteiger partial charge in [0.15, 0.2) is 0 Å². The van der Waals surface area contributed by atoms with Crippen molar-refractivity contribution >= 4 is 5.97 Å². The van der Waals surface area contributed by atoms with Crippen molar-refractivity contribution in [3.63, 3.8) is 0 Å². The van der Waals surface area contributed by atoms with Crippen LogP contribution in [0.5, 0.6) is 0 Å². The highest BCUT2D eigenvalue weighted by atomic mass is 16.5. The average Bonchev–Trinajstić information content (AvgIpc) is 2.51. The van der Waals surface area contributed by atoms with Gasteiger partial charge in [-0.3, -0.25) is 4.79 Å². The fraction of sp³-hybridized carbons (Fsp3) is 0.938. The minimum Gasteiger partial charge on any atom is -0.463 e. The van der Waals surface area contributed by atoms with Gasteiger partial charge < -0.3 is 20.1 Å². The second-order valence-corrected chi connectivity index (χ2v) is 4.97. The van der Waals surface area contributed by atoms with Crippen LogP contribution < -0.4 is 0 Å². The average molecular weight is 306 g/mol. The number of carbonyl (C=O) groups is 1. The number of aliphatic hydroxyl groups excluding tert-OH is 3. The van der Waals surface area contributed by atoms with Crippen molar-refractivity contribution in [1.29, 1.82) is 0 Å². The van der Waals surface area contributed by atoms with Crippen LogP contribution in [0.4, 0.5) is 0 Å². The molecule has 0 bridgehead atoms. The van der Waals surface area contributed by atoms with E-state index >= 15 is 0 Å². The molecule has 0 spiro atoms. The van der Waals surface area contributed by atoms with Crippen molar-refractivity contribution in [2.45, 2.75) is 71.1 Å². The van der Waals surface area contributed by atoms with Gasteiger partial charge in [-0.2, -0.15) is 0 Å². The van der Waals surface area contributed by atoms with E-state index in [2.05, 4.69) is 6.92 Å². The normalized spacial score (nSPS) is 9.90. The van der Waals surface area contributed by atoms with E-state index in [9.17, 15) is 4.79 Å². The quantitative estimate of drug-likeness (QED) is 0.359. The summed E-state index contributed by atoms with van der Waals surface area (Å²) in [5, 5.41) is 23.7. The first-order chi connectivity index (χ1) is 10.2. The smallest absolute Gasteiger partial charge is 0.305 e. The molecule has 3 N–H and O–H groups in total. The lowest BCUT2D eigenvalue weighted by molar-refractivity contribution is -0.144. The summed E-state index contributed by atoms with van der Waals surface area (Å²) in [7, 11) is 0. The lowest BCUT2D eigenvalue weighted by Gasteiger charge is -2.03. The van der Waals surface area contributed by atoms with Gasteiger partial charge in [-0.1, -0.05) is 58.3 Å². The molecular formula is C16H34O5. The van der Waals surface area contributed by atoms with Crippen LogP contribution in [0.1, 0.15) is 71.1 Å². The Morgan fingerprint density at radius 3 is 1.67 bits per heavy atom. The summed E-state index contributed by atoms with van der Waals surface area (Å²) in [5.74, 6) is -0.179. The molecule has 0 saturated carbocycles. The Morgan fingerprint density at radius 2 is 1.24 bits per heavy atom. The van der Waals surface area contributed by atoms with Crippen molar-refractivity contribution < 1.29 is 24.9 Å². The van der Waals surface area contributed by atoms with Crippen molar-refractivity contribution in [3.8, 4) is 0 Å². The molecule has 5 nitrogen and oxygen atoms in total. The molecule has 0 heterocycles. The third-order valence-corrected chi connectivity index (χ3v) is 2.94. The van der Waals surface area contributed by atoms with Crippen molar-refractivity contribution in [3.05, 3.63) is 0 Å². The number of carbonyl (C=O) groups excluding carboxylic acids is 1. The van der Waals surface area contributed by atoms with E-state index in [0.717, 1.165) is 12.8 Å². The maximum absolute atomic E-state index is 11.1. The molecule has 0 aliphatic heterocycles. The Labute approximate surface area is 129 Å². The fourth-order valence-electron chi connectivity index (χ4n) is 1.81. The van der Waals surface area contributed by atoms with E-state index in [1.54, 1.807) is 0 Å². The summed E-state index contributed by atoms with van der Waals surface area (Å²) in [5.41, 5.74) is 0. The molecule has 0 unspecified atom stereocenters. The van der Waals surface area contributed by atoms with Gasteiger partial charge in [0.05, 0.1) is 19.8 Å². The molecule has 0 aliphatic carbocycles. The largest absolute Gasteiger partial charge is 0.463 e. The zero-order valence-corrected chi connectivity index (χ0v) is 13.6. The van der Waals surface area contributed by atoms with Gasteiger partial charge in [-0.05, 0) is 6.42 Å². The van der Waals surface area contributed by atoms with Crippen molar-refractivity contribution in [2.24, 2.45) is 0 Å². The molecule has 0 aliphatic rings. The zero-order chi connectivity index (χ0) is 16.2. The summed E-state index contributed by atoms with van der Waals surface area (Å²) >= 11 is 0. The molecule has 21 heavy (non-hydrogen) atoms. The van der Waals surface area contributed by atoms with Crippen LogP contribution in [0, 0.1) is 0 Å². The number of aliphatic hydroxyl groups is 3. The summed E-state index contributed by atoms with van der Waals surface area (Å²) in [4.78, 5) is 11.1. The van der Waals surface area contributed by atoms with E-state index in [0.29, 0.717) is 6.42 Å². The second kappa shape index (κ2) is 21.6. The van der Waals surface area contributed by atoms with Crippen molar-refractivity contribution in [1.82, 2.24) is 0 Å². The van der Waals surface area contributed by atoms with Crippen LogP contribution in [0.3, 0.4) is 0 Å². The Bertz CT molecular complexity index is 195. The summed E-state index contributed by atoms with van der Waals surface area (Å²) < 4.78 is 4.77. The number of hydrogen-bond donors (Lipinski definition) is 3. The number of unbranched alkanes of at least 4 members (excludes halogenated alkanes) is 8. The standard InChI is InChI=1S/C14H28O3.C2H6O2/c1-2-3-4-5-6-7-8-9-10-11-14(16)17-13-12-15;3-1-2-4/h15H,2-13H2,1H3;3-4H,1-2H2. The molecule has 128 valence electrons. The minimum absolute atomic E-state index is 0.0799. The van der Waals surface area contributed by atoms with E-state index in [4.69, 9.17) is 20.1 Å². The van der Waals surface area contributed by atoms with E-state index in [1.807, 2.05) is 0 Å². The molecule has 0 amide bonds. The monoisotopic (exact) mass is 306 g/mol. The highest BCUT2D eigenvalue weighted by Gasteiger charge is 2.01. The van der Waals surface area contributed by atoms with Crippen LogP contribution in [0.25, 0.3) is 0 Å². The summed E-state index contributed by atoms with van der Waals surface area (Å²) in [6.45, 7) is 2.04. The Hall–Kier alpha value is -0.650. The molecule has 0 aromatic rings. The first kappa shape index (κ1) is 22.6. The molecule has 0 aromatic heterocycles. The van der Waals surface area contributed by atoms with Gasteiger partial charge in [0.2, 0.25) is 0 Å². The van der Waals surface area contributed by atoms with E-state index < -0.39 is 0 Å². The van der Waals surface area contributed by atoms with Crippen molar-refractivity contribution in [2.75, 3.05) is 26.4 Å². The van der Waals surface area contributed by atoms with Gasteiger partial charge in [-0.25, -0.2) is 0 Å². The van der Waals surface area contributed by atoms with E-state index in [-0.39, 0.29) is 32.4 Å².